The lowest BCUT2D eigenvalue weighted by atomic mass is 10.2. The summed E-state index contributed by atoms with van der Waals surface area (Å²) in [7, 11) is 0. The number of aromatic nitrogens is 3. The van der Waals surface area contributed by atoms with E-state index in [1.807, 2.05) is 30.3 Å². The predicted octanol–water partition coefficient (Wildman–Crippen LogP) is 3.56. The maximum atomic E-state index is 12.6. The molecule has 0 aliphatic carbocycles. The van der Waals surface area contributed by atoms with Crippen LogP contribution in [0.4, 0.5) is 0 Å². The molecule has 2 aromatic heterocycles. The Balaban J connectivity index is 1.95. The lowest BCUT2D eigenvalue weighted by Crippen LogP contribution is -2.20. The number of aryl methyl sites for hydroxylation is 1. The third kappa shape index (κ3) is 2.02. The molecule has 4 rings (SSSR count). The number of nitrogens with zero attached hydrogens (tertiary/aromatic N) is 3. The highest BCUT2D eigenvalue weighted by molar-refractivity contribution is 7.20. The molecule has 108 valence electrons. The largest absolute Gasteiger partial charge is 0.281 e. The van der Waals surface area contributed by atoms with Crippen LogP contribution in [0.1, 0.15) is 12.5 Å². The van der Waals surface area contributed by atoms with E-state index in [0.717, 1.165) is 22.0 Å². The molecule has 0 N–H and O–H groups in total. The van der Waals surface area contributed by atoms with E-state index in [0.29, 0.717) is 10.5 Å². The van der Waals surface area contributed by atoms with Gasteiger partial charge in [-0.05, 0) is 30.2 Å². The van der Waals surface area contributed by atoms with Crippen molar-refractivity contribution in [2.45, 2.75) is 13.3 Å². The van der Waals surface area contributed by atoms with E-state index in [4.69, 9.17) is 0 Å². The van der Waals surface area contributed by atoms with Gasteiger partial charge in [-0.2, -0.15) is 9.78 Å². The molecule has 4 nitrogen and oxygen atoms in total. The van der Waals surface area contributed by atoms with E-state index in [2.05, 4.69) is 29.1 Å². The Bertz CT molecular complexity index is 1050. The average Bonchev–Trinajstić information content (AvgIpc) is 2.98. The molecule has 0 unspecified atom stereocenters. The van der Waals surface area contributed by atoms with Gasteiger partial charge in [0.2, 0.25) is 5.13 Å². The van der Waals surface area contributed by atoms with Crippen LogP contribution in [0.5, 0.6) is 0 Å². The molecule has 0 spiro atoms. The van der Waals surface area contributed by atoms with E-state index in [1.54, 1.807) is 6.20 Å². The summed E-state index contributed by atoms with van der Waals surface area (Å²) in [5, 5.41) is 6.38. The highest BCUT2D eigenvalue weighted by atomic mass is 32.1. The van der Waals surface area contributed by atoms with Gasteiger partial charge in [-0.15, -0.1) is 0 Å². The standard InChI is InChI=1S/C17H13N3OS/c1-2-11-7-8-14-15(9-11)22-17(19-14)20-16(21)13-6-4-3-5-12(13)10-18-20/h3-10H,2H2,1H3. The fourth-order valence-electron chi connectivity index (χ4n) is 2.49. The Hall–Kier alpha value is -2.53. The van der Waals surface area contributed by atoms with Gasteiger partial charge in [0, 0.05) is 5.39 Å². The van der Waals surface area contributed by atoms with Gasteiger partial charge in [-0.1, -0.05) is 42.5 Å². The first-order valence-electron chi connectivity index (χ1n) is 7.13. The lowest BCUT2D eigenvalue weighted by Gasteiger charge is -2.01. The smallest absolute Gasteiger partial charge is 0.267 e. The molecule has 2 heterocycles. The van der Waals surface area contributed by atoms with Crippen molar-refractivity contribution in [3.63, 3.8) is 0 Å². The third-order valence-electron chi connectivity index (χ3n) is 3.73. The molecule has 22 heavy (non-hydrogen) atoms. The molecule has 0 saturated carbocycles. The second kappa shape index (κ2) is 5.03. The second-order valence-corrected chi connectivity index (χ2v) is 6.11. The molecule has 0 radical (unpaired) electrons. The van der Waals surface area contributed by atoms with Crippen molar-refractivity contribution >= 4 is 32.3 Å². The van der Waals surface area contributed by atoms with Gasteiger partial charge in [0.25, 0.3) is 5.56 Å². The van der Waals surface area contributed by atoms with Gasteiger partial charge in [0.05, 0.1) is 21.8 Å². The molecule has 0 saturated heterocycles. The summed E-state index contributed by atoms with van der Waals surface area (Å²) in [5.41, 5.74) is 2.04. The summed E-state index contributed by atoms with van der Waals surface area (Å²) in [4.78, 5) is 17.1. The van der Waals surface area contributed by atoms with Crippen molar-refractivity contribution in [2.75, 3.05) is 0 Å². The molecule has 0 aliphatic heterocycles. The second-order valence-electron chi connectivity index (χ2n) is 5.10. The Morgan fingerprint density at radius 2 is 2.05 bits per heavy atom. The number of rotatable bonds is 2. The Kier molecular flexibility index (Phi) is 3.01. The first-order valence-corrected chi connectivity index (χ1v) is 7.95. The van der Waals surface area contributed by atoms with Gasteiger partial charge in [0.1, 0.15) is 0 Å². The van der Waals surface area contributed by atoms with Gasteiger partial charge in [-0.25, -0.2) is 4.98 Å². The zero-order chi connectivity index (χ0) is 15.1. The van der Waals surface area contributed by atoms with Crippen molar-refractivity contribution in [1.29, 1.82) is 0 Å². The van der Waals surface area contributed by atoms with Crippen LogP contribution in [0.15, 0.2) is 53.5 Å². The summed E-state index contributed by atoms with van der Waals surface area (Å²) >= 11 is 1.49. The van der Waals surface area contributed by atoms with Crippen LogP contribution in [0.2, 0.25) is 0 Å². The summed E-state index contributed by atoms with van der Waals surface area (Å²) in [6.45, 7) is 2.12. The minimum absolute atomic E-state index is 0.132. The monoisotopic (exact) mass is 307 g/mol. The van der Waals surface area contributed by atoms with Crippen molar-refractivity contribution in [3.8, 4) is 5.13 Å². The number of hydrogen-bond acceptors (Lipinski definition) is 4. The average molecular weight is 307 g/mol. The summed E-state index contributed by atoms with van der Waals surface area (Å²) in [6.07, 6.45) is 2.69. The molecule has 5 heteroatoms. The maximum Gasteiger partial charge on any atom is 0.281 e. The van der Waals surface area contributed by atoms with Crippen molar-refractivity contribution < 1.29 is 0 Å². The molecule has 4 aromatic rings. The molecule has 0 amide bonds. The maximum absolute atomic E-state index is 12.6. The molecule has 0 fully saturated rings. The summed E-state index contributed by atoms with van der Waals surface area (Å²) in [5.74, 6) is 0. The number of thiazole rings is 1. The van der Waals surface area contributed by atoms with Crippen LogP contribution in [-0.2, 0) is 6.42 Å². The van der Waals surface area contributed by atoms with Gasteiger partial charge < -0.3 is 0 Å². The number of benzene rings is 2. The van der Waals surface area contributed by atoms with E-state index in [-0.39, 0.29) is 5.56 Å². The van der Waals surface area contributed by atoms with Crippen molar-refractivity contribution in [1.82, 2.24) is 14.8 Å². The van der Waals surface area contributed by atoms with E-state index >= 15 is 0 Å². The molecule has 0 atom stereocenters. The van der Waals surface area contributed by atoms with E-state index in [9.17, 15) is 4.79 Å². The zero-order valence-corrected chi connectivity index (χ0v) is 12.8. The first kappa shape index (κ1) is 13.2. The van der Waals surface area contributed by atoms with Gasteiger partial charge in [-0.3, -0.25) is 4.79 Å². The van der Waals surface area contributed by atoms with Crippen LogP contribution in [-0.4, -0.2) is 14.8 Å². The van der Waals surface area contributed by atoms with Crippen LogP contribution in [0.25, 0.3) is 26.1 Å². The third-order valence-corrected chi connectivity index (χ3v) is 4.72. The lowest BCUT2D eigenvalue weighted by molar-refractivity contribution is 0.815. The van der Waals surface area contributed by atoms with Crippen LogP contribution in [0, 0.1) is 0 Å². The summed E-state index contributed by atoms with van der Waals surface area (Å²) < 4.78 is 2.47. The summed E-state index contributed by atoms with van der Waals surface area (Å²) in [6, 6.07) is 13.7. The fraction of sp³-hybridized carbons (Fsp3) is 0.118. The normalized spacial score (nSPS) is 11.3. The molecule has 0 aliphatic rings. The minimum Gasteiger partial charge on any atom is -0.267 e. The Morgan fingerprint density at radius 3 is 2.91 bits per heavy atom. The molecule has 0 bridgehead atoms. The molecular formula is C17H13N3OS. The number of hydrogen-bond donors (Lipinski definition) is 0. The fourth-order valence-corrected chi connectivity index (χ4v) is 3.48. The van der Waals surface area contributed by atoms with Crippen molar-refractivity contribution in [2.24, 2.45) is 0 Å². The topological polar surface area (TPSA) is 47.8 Å². The quantitative estimate of drug-likeness (QED) is 0.569. The highest BCUT2D eigenvalue weighted by Gasteiger charge is 2.11. The molecule has 2 aromatic carbocycles. The first-order chi connectivity index (χ1) is 10.8. The van der Waals surface area contributed by atoms with Crippen LogP contribution < -0.4 is 5.56 Å². The minimum atomic E-state index is -0.132. The SMILES string of the molecule is CCc1ccc2nc(-n3ncc4ccccc4c3=O)sc2c1. The Labute approximate surface area is 130 Å². The van der Waals surface area contributed by atoms with E-state index in [1.165, 1.54) is 21.6 Å². The highest BCUT2D eigenvalue weighted by Crippen LogP contribution is 2.25. The molecular weight excluding hydrogens is 294 g/mol. The van der Waals surface area contributed by atoms with Gasteiger partial charge in [0.15, 0.2) is 0 Å². The number of fused-ring (bicyclic) bond motifs is 2. The zero-order valence-electron chi connectivity index (χ0n) is 12.0. The van der Waals surface area contributed by atoms with Crippen LogP contribution in [0.3, 0.4) is 0 Å². The Morgan fingerprint density at radius 1 is 1.18 bits per heavy atom. The van der Waals surface area contributed by atoms with Crippen molar-refractivity contribution in [3.05, 3.63) is 64.6 Å². The van der Waals surface area contributed by atoms with Gasteiger partial charge >= 0.3 is 0 Å². The predicted molar refractivity (Wildman–Crippen MR) is 89.9 cm³/mol. The van der Waals surface area contributed by atoms with E-state index < -0.39 is 0 Å². The van der Waals surface area contributed by atoms with Crippen LogP contribution >= 0.6 is 11.3 Å².